The molecule has 62 heavy (non-hydrogen) atoms. The summed E-state index contributed by atoms with van der Waals surface area (Å²) in [5.41, 5.74) is 3.50. The fourth-order valence-corrected chi connectivity index (χ4v) is 6.76. The Morgan fingerprint density at radius 3 is 1.55 bits per heavy atom. The number of nitrogens with one attached hydrogen (secondary N) is 1. The second kappa shape index (κ2) is 20.3. The van der Waals surface area contributed by atoms with Crippen LogP contribution in [0.4, 0.5) is 39.9 Å². The van der Waals surface area contributed by atoms with Crippen LogP contribution in [-0.4, -0.2) is 95.6 Å². The molecule has 1 N–H and O–H groups in total. The molecule has 0 spiro atoms. The molecule has 4 aromatic heterocycles. The average molecular weight is 901 g/mol. The predicted octanol–water partition coefficient (Wildman–Crippen LogP) is 8.20. The zero-order valence-electron chi connectivity index (χ0n) is 34.3. The van der Waals surface area contributed by atoms with Gasteiger partial charge in [-0.25, -0.2) is 33.5 Å². The lowest BCUT2D eigenvalue weighted by Crippen LogP contribution is -2.46. The number of aromatic nitrogens is 6. The van der Waals surface area contributed by atoms with Crippen molar-refractivity contribution in [2.24, 2.45) is 0 Å². The van der Waals surface area contributed by atoms with E-state index in [-0.39, 0.29) is 50.4 Å². The molecular formula is C41H45ClF8N8O4. The Kier molecular flexibility index (Phi) is 16.2. The summed E-state index contributed by atoms with van der Waals surface area (Å²) in [6.07, 6.45) is -7.31. The van der Waals surface area contributed by atoms with Crippen LogP contribution in [0, 0.1) is 13.8 Å². The molecule has 21 heteroatoms. The molecule has 4 atom stereocenters. The minimum Gasteiger partial charge on any atom is -0.444 e. The summed E-state index contributed by atoms with van der Waals surface area (Å²) in [5.74, 6) is -3.09. The molecule has 4 aromatic rings. The summed E-state index contributed by atoms with van der Waals surface area (Å²) >= 11 is 0. The van der Waals surface area contributed by atoms with Crippen molar-refractivity contribution in [1.82, 2.24) is 40.1 Å². The monoisotopic (exact) mass is 900 g/mol. The van der Waals surface area contributed by atoms with E-state index in [1.807, 2.05) is 0 Å². The molecule has 0 radical (unpaired) electrons. The second-order valence-electron chi connectivity index (χ2n) is 15.7. The number of Topliss-reactive ketones (excluding diaryl/α,β-unsaturated/α-hetero) is 2. The van der Waals surface area contributed by atoms with Crippen LogP contribution >= 0.6 is 12.4 Å². The topological polar surface area (TPSA) is 153 Å². The van der Waals surface area contributed by atoms with Crippen molar-refractivity contribution in [2.75, 3.05) is 13.1 Å². The highest BCUT2D eigenvalue weighted by molar-refractivity contribution is 5.89. The number of halogens is 9. The van der Waals surface area contributed by atoms with Crippen molar-refractivity contribution in [3.63, 3.8) is 0 Å². The molecule has 6 heterocycles. The maximum absolute atomic E-state index is 14.5. The zero-order valence-corrected chi connectivity index (χ0v) is 35.1. The fraction of sp³-hybridized carbons (Fsp3) is 0.488. The number of rotatable bonds is 10. The molecule has 6 rings (SSSR count). The quantitative estimate of drug-likeness (QED) is 0.153. The number of carbonyl (C=O) groups excluding carboxylic acids is 3. The van der Waals surface area contributed by atoms with Crippen LogP contribution in [0.1, 0.15) is 80.9 Å². The van der Waals surface area contributed by atoms with Crippen LogP contribution in [0.2, 0.25) is 0 Å². The molecule has 12 nitrogen and oxygen atoms in total. The zero-order chi connectivity index (χ0) is 44.9. The van der Waals surface area contributed by atoms with Gasteiger partial charge in [-0.1, -0.05) is 0 Å². The van der Waals surface area contributed by atoms with E-state index in [2.05, 4.69) is 35.2 Å². The summed E-state index contributed by atoms with van der Waals surface area (Å²) < 4.78 is 109. The number of hydrogen-bond acceptors (Lipinski definition) is 11. The van der Waals surface area contributed by atoms with E-state index in [1.165, 1.54) is 0 Å². The van der Waals surface area contributed by atoms with E-state index in [1.54, 1.807) is 58.9 Å². The van der Waals surface area contributed by atoms with Crippen LogP contribution < -0.4 is 5.32 Å². The van der Waals surface area contributed by atoms with Gasteiger partial charge in [-0.05, 0) is 102 Å². The normalized spacial score (nSPS) is 19.0. The third-order valence-electron chi connectivity index (χ3n) is 9.52. The highest BCUT2D eigenvalue weighted by atomic mass is 35.5. The molecule has 0 bridgehead atoms. The highest BCUT2D eigenvalue weighted by Crippen LogP contribution is 2.30. The second-order valence-corrected chi connectivity index (χ2v) is 15.7. The van der Waals surface area contributed by atoms with Gasteiger partial charge in [0.15, 0.2) is 11.6 Å². The first-order valence-corrected chi connectivity index (χ1v) is 19.3. The van der Waals surface area contributed by atoms with E-state index in [0.29, 0.717) is 64.4 Å². The summed E-state index contributed by atoms with van der Waals surface area (Å²) in [5, 5.41) is 2.86. The van der Waals surface area contributed by atoms with Crippen LogP contribution in [0.5, 0.6) is 0 Å². The van der Waals surface area contributed by atoms with E-state index in [0.717, 1.165) is 29.7 Å². The Bertz CT molecular complexity index is 2190. The number of ketones is 2. The number of likely N-dealkylation sites (tertiary alicyclic amines) is 1. The third-order valence-corrected chi connectivity index (χ3v) is 9.52. The summed E-state index contributed by atoms with van der Waals surface area (Å²) in [6, 6.07) is 4.68. The standard InChI is InChI=1S/C23H26F4N4O3.C18H18F4N4O.ClH/c1-13-9-14(15-11-28-20(29-12-15)23(25,26)27)10-16(30-13)5-6-18(32)19-17(24)7-8-31(19)21(33)34-22(2,3)4;1-10-6-11(12-8-24-17(25-9-12)18(20,21)22)7-13(26-10)2-3-15(27)16-14(19)4-5-23-16;/h9-12,17,19H,5-8H2,1-4H3;6-9,14,16,23H,2-5H2,1H3;1H/t17-,19-;14-,16-;/m00./s1. The van der Waals surface area contributed by atoms with Crippen LogP contribution in [-0.2, 0) is 39.5 Å². The molecule has 2 fully saturated rings. The maximum Gasteiger partial charge on any atom is 0.451 e. The average Bonchev–Trinajstić information content (AvgIpc) is 3.79. The smallest absolute Gasteiger partial charge is 0.444 e. The molecule has 2 aliphatic rings. The Morgan fingerprint density at radius 2 is 1.15 bits per heavy atom. The number of alkyl halides is 8. The van der Waals surface area contributed by atoms with Gasteiger partial charge in [0, 0.05) is 78.1 Å². The van der Waals surface area contributed by atoms with Crippen LogP contribution in [0.3, 0.4) is 0 Å². The molecule has 0 unspecified atom stereocenters. The molecule has 2 aliphatic heterocycles. The molecule has 336 valence electrons. The molecule has 0 saturated carbocycles. The number of carbonyl (C=O) groups is 3. The van der Waals surface area contributed by atoms with Crippen molar-refractivity contribution in [3.8, 4) is 22.3 Å². The lowest BCUT2D eigenvalue weighted by molar-refractivity contribution is -0.145. The summed E-state index contributed by atoms with van der Waals surface area (Å²) in [4.78, 5) is 60.7. The molecular weight excluding hydrogens is 856 g/mol. The van der Waals surface area contributed by atoms with Gasteiger partial charge >= 0.3 is 18.4 Å². The van der Waals surface area contributed by atoms with Crippen molar-refractivity contribution in [3.05, 3.63) is 83.5 Å². The number of amides is 1. The number of aryl methyl sites for hydroxylation is 4. The lowest BCUT2D eigenvalue weighted by Gasteiger charge is -2.28. The van der Waals surface area contributed by atoms with Crippen LogP contribution in [0.25, 0.3) is 22.3 Å². The largest absolute Gasteiger partial charge is 0.451 e. The van der Waals surface area contributed by atoms with Gasteiger partial charge in [0.05, 0.1) is 6.04 Å². The molecule has 1 amide bonds. The number of nitrogens with zero attached hydrogens (tertiary/aromatic N) is 7. The third kappa shape index (κ3) is 13.4. The van der Waals surface area contributed by atoms with E-state index >= 15 is 0 Å². The van der Waals surface area contributed by atoms with E-state index in [4.69, 9.17) is 4.74 Å². The molecule has 2 saturated heterocycles. The van der Waals surface area contributed by atoms with Gasteiger partial charge < -0.3 is 10.1 Å². The van der Waals surface area contributed by atoms with Crippen LogP contribution in [0.15, 0.2) is 49.1 Å². The summed E-state index contributed by atoms with van der Waals surface area (Å²) in [6.45, 7) is 9.09. The van der Waals surface area contributed by atoms with Gasteiger partial charge in [0.25, 0.3) is 0 Å². The molecule has 0 aromatic carbocycles. The number of pyridine rings is 2. The first kappa shape index (κ1) is 49.4. The Balaban J connectivity index is 0.000000275. The minimum absolute atomic E-state index is 0. The first-order valence-electron chi connectivity index (χ1n) is 19.3. The highest BCUT2D eigenvalue weighted by Gasteiger charge is 2.43. The fourth-order valence-electron chi connectivity index (χ4n) is 6.76. The van der Waals surface area contributed by atoms with E-state index in [9.17, 15) is 49.5 Å². The Morgan fingerprint density at radius 1 is 0.694 bits per heavy atom. The van der Waals surface area contributed by atoms with E-state index < -0.39 is 65.9 Å². The maximum atomic E-state index is 14.5. The van der Waals surface area contributed by atoms with Gasteiger partial charge in [0.1, 0.15) is 24.0 Å². The Labute approximate surface area is 358 Å². The van der Waals surface area contributed by atoms with Crippen molar-refractivity contribution in [1.29, 1.82) is 0 Å². The van der Waals surface area contributed by atoms with Gasteiger partial charge in [-0.2, -0.15) is 26.3 Å². The Hall–Kier alpha value is -5.24. The lowest BCUT2D eigenvalue weighted by atomic mass is 10.0. The number of hydrogen-bond donors (Lipinski definition) is 1. The summed E-state index contributed by atoms with van der Waals surface area (Å²) in [7, 11) is 0. The van der Waals surface area contributed by atoms with Crippen molar-refractivity contribution >= 4 is 30.1 Å². The van der Waals surface area contributed by atoms with Crippen molar-refractivity contribution < 1.29 is 54.2 Å². The van der Waals surface area contributed by atoms with Gasteiger partial charge in [-0.15, -0.1) is 12.4 Å². The van der Waals surface area contributed by atoms with Gasteiger partial charge in [0.2, 0.25) is 11.6 Å². The number of ether oxygens (including phenoxy) is 1. The SMILES string of the molecule is Cc1cc(-c2cnc(C(F)(F)F)nc2)cc(CCC(=O)[C@@H]2[C@@H](F)CCN2C(=O)OC(C)(C)C)n1.Cc1cc(-c2cnc(C(F)(F)F)nc2)cc(CCC(=O)[C@H]2NCC[C@@H]2F)n1.Cl. The van der Waals surface area contributed by atoms with Crippen molar-refractivity contribution in [2.45, 2.75) is 116 Å². The minimum atomic E-state index is -4.64. The molecule has 0 aliphatic carbocycles. The van der Waals surface area contributed by atoms with Gasteiger partial charge in [-0.3, -0.25) is 24.5 Å². The first-order chi connectivity index (χ1) is 28.5. The predicted molar refractivity (Wildman–Crippen MR) is 211 cm³/mol.